The Labute approximate surface area is 222 Å². The van der Waals surface area contributed by atoms with Gasteiger partial charge in [-0.05, 0) is 60.4 Å². The number of hydrogen-bond donors (Lipinski definition) is 0. The second-order valence-electron chi connectivity index (χ2n) is 9.20. The molecule has 0 N–H and O–H groups in total. The number of piperazine rings is 1. The van der Waals surface area contributed by atoms with Gasteiger partial charge in [0.05, 0.1) is 6.54 Å². The Morgan fingerprint density at radius 3 is 2.16 bits per heavy atom. The summed E-state index contributed by atoms with van der Waals surface area (Å²) in [6, 6.07) is 13.0. The molecule has 2 aromatic carbocycles. The number of halogens is 4. The van der Waals surface area contributed by atoms with Crippen LogP contribution in [0.4, 0.5) is 24.7 Å². The minimum atomic E-state index is -4.73. The molecule has 1 saturated heterocycles. The van der Waals surface area contributed by atoms with E-state index in [1.807, 2.05) is 31.2 Å². The standard InChI is InChI=1S/C24H24F3N5O5.ClH/c1-23(16-31-14-21(32(33)34)28-22(31)37-23)15-29-10-12-30(13-11-29)17-2-4-18(5-3-17)35-19-6-8-20(9-7-19)36-24(25,26)27;/h2-9,14H,10-13,15-16H2,1H3;1H/t23-;/m0./s1. The Bertz CT molecular complexity index is 1240. The highest BCUT2D eigenvalue weighted by molar-refractivity contribution is 5.85. The molecule has 0 aliphatic carbocycles. The van der Waals surface area contributed by atoms with E-state index >= 15 is 0 Å². The fourth-order valence-electron chi connectivity index (χ4n) is 4.57. The number of nitrogens with zero attached hydrogens (tertiary/aromatic N) is 5. The van der Waals surface area contributed by atoms with Crippen LogP contribution in [0.2, 0.25) is 0 Å². The molecule has 3 aromatic rings. The lowest BCUT2D eigenvalue weighted by Gasteiger charge is -2.39. The zero-order chi connectivity index (χ0) is 26.2. The lowest BCUT2D eigenvalue weighted by molar-refractivity contribution is -0.389. The monoisotopic (exact) mass is 555 g/mol. The maximum absolute atomic E-state index is 12.3. The van der Waals surface area contributed by atoms with Crippen LogP contribution in [0.25, 0.3) is 0 Å². The summed E-state index contributed by atoms with van der Waals surface area (Å²) in [5.74, 6) is 0.444. The van der Waals surface area contributed by atoms with Crippen LogP contribution >= 0.6 is 12.4 Å². The van der Waals surface area contributed by atoms with Crippen LogP contribution in [0, 0.1) is 10.1 Å². The molecule has 1 aromatic heterocycles. The van der Waals surface area contributed by atoms with E-state index in [0.717, 1.165) is 31.9 Å². The highest BCUT2D eigenvalue weighted by Gasteiger charge is 2.41. The number of nitro groups is 1. The minimum absolute atomic E-state index is 0. The summed E-state index contributed by atoms with van der Waals surface area (Å²) in [6.45, 7) is 6.44. The number of fused-ring (bicyclic) bond motifs is 1. The lowest BCUT2D eigenvalue weighted by Crippen LogP contribution is -2.52. The summed E-state index contributed by atoms with van der Waals surface area (Å²) >= 11 is 0. The van der Waals surface area contributed by atoms with Crippen LogP contribution in [-0.4, -0.2) is 64.1 Å². The van der Waals surface area contributed by atoms with E-state index in [-0.39, 0.29) is 30.0 Å². The van der Waals surface area contributed by atoms with Crippen molar-refractivity contribution < 1.29 is 32.3 Å². The fourth-order valence-corrected chi connectivity index (χ4v) is 4.57. The first-order chi connectivity index (χ1) is 17.6. The number of ether oxygens (including phenoxy) is 3. The summed E-state index contributed by atoms with van der Waals surface area (Å²) in [5.41, 5.74) is 0.534. The maximum atomic E-state index is 12.3. The van der Waals surface area contributed by atoms with E-state index < -0.39 is 16.9 Å². The molecule has 204 valence electrons. The van der Waals surface area contributed by atoms with Gasteiger partial charge in [0.25, 0.3) is 0 Å². The van der Waals surface area contributed by atoms with Crippen molar-refractivity contribution in [2.45, 2.75) is 25.4 Å². The maximum Gasteiger partial charge on any atom is 0.573 e. The number of rotatable bonds is 7. The van der Waals surface area contributed by atoms with Gasteiger partial charge in [-0.2, -0.15) is 0 Å². The molecule has 2 aliphatic heterocycles. The first kappa shape index (κ1) is 27.3. The van der Waals surface area contributed by atoms with Gasteiger partial charge in [0.15, 0.2) is 0 Å². The zero-order valence-electron chi connectivity index (χ0n) is 20.3. The fraction of sp³-hybridized carbons (Fsp3) is 0.375. The number of anilines is 1. The Kier molecular flexibility index (Phi) is 7.61. The Hall–Kier alpha value is -3.71. The van der Waals surface area contributed by atoms with Crippen LogP contribution in [0.3, 0.4) is 0 Å². The second-order valence-corrected chi connectivity index (χ2v) is 9.20. The van der Waals surface area contributed by atoms with Crippen molar-refractivity contribution in [1.29, 1.82) is 0 Å². The van der Waals surface area contributed by atoms with E-state index in [9.17, 15) is 23.3 Å². The third-order valence-corrected chi connectivity index (χ3v) is 6.18. The quantitative estimate of drug-likeness (QED) is 0.301. The summed E-state index contributed by atoms with van der Waals surface area (Å²) in [4.78, 5) is 18.9. The number of hydrogen-bond acceptors (Lipinski definition) is 8. The van der Waals surface area contributed by atoms with E-state index in [4.69, 9.17) is 9.47 Å². The average Bonchev–Trinajstić information content (AvgIpc) is 3.36. The molecule has 1 atom stereocenters. The third kappa shape index (κ3) is 6.40. The molecule has 14 heteroatoms. The number of aromatic nitrogens is 2. The van der Waals surface area contributed by atoms with Crippen molar-refractivity contribution in [2.24, 2.45) is 0 Å². The molecule has 2 aliphatic rings. The summed E-state index contributed by atoms with van der Waals surface area (Å²) in [6.07, 6.45) is -3.33. The number of alkyl halides is 3. The minimum Gasteiger partial charge on any atom is -0.457 e. The third-order valence-electron chi connectivity index (χ3n) is 6.18. The van der Waals surface area contributed by atoms with Gasteiger partial charge in [-0.25, -0.2) is 0 Å². The molecule has 0 saturated carbocycles. The Balaban J connectivity index is 0.00000336. The summed E-state index contributed by atoms with van der Waals surface area (Å²) in [5, 5.41) is 10.9. The molecule has 38 heavy (non-hydrogen) atoms. The van der Waals surface area contributed by atoms with Crippen LogP contribution in [0.1, 0.15) is 6.92 Å². The largest absolute Gasteiger partial charge is 0.573 e. The van der Waals surface area contributed by atoms with Crippen molar-refractivity contribution in [3.63, 3.8) is 0 Å². The Morgan fingerprint density at radius 2 is 1.61 bits per heavy atom. The van der Waals surface area contributed by atoms with Crippen molar-refractivity contribution in [1.82, 2.24) is 14.5 Å². The summed E-state index contributed by atoms with van der Waals surface area (Å²) < 4.78 is 54.1. The van der Waals surface area contributed by atoms with Crippen molar-refractivity contribution in [3.05, 3.63) is 64.8 Å². The molecule has 0 amide bonds. The average molecular weight is 556 g/mol. The van der Waals surface area contributed by atoms with Crippen LogP contribution in [-0.2, 0) is 6.54 Å². The van der Waals surface area contributed by atoms with Crippen molar-refractivity contribution in [3.8, 4) is 23.3 Å². The number of benzene rings is 2. The smallest absolute Gasteiger partial charge is 0.457 e. The first-order valence-electron chi connectivity index (χ1n) is 11.6. The Morgan fingerprint density at radius 1 is 1.03 bits per heavy atom. The predicted octanol–water partition coefficient (Wildman–Crippen LogP) is 4.88. The van der Waals surface area contributed by atoms with Gasteiger partial charge in [-0.15, -0.1) is 25.6 Å². The highest BCUT2D eigenvalue weighted by atomic mass is 35.5. The van der Waals surface area contributed by atoms with E-state index in [1.165, 1.54) is 30.5 Å². The molecular weight excluding hydrogens is 531 g/mol. The van der Waals surface area contributed by atoms with E-state index in [0.29, 0.717) is 24.6 Å². The van der Waals surface area contributed by atoms with Gasteiger partial charge >= 0.3 is 18.2 Å². The molecule has 0 spiro atoms. The van der Waals surface area contributed by atoms with Crippen LogP contribution in [0.15, 0.2) is 54.7 Å². The van der Waals surface area contributed by atoms with Gasteiger partial charge in [0.2, 0.25) is 0 Å². The van der Waals surface area contributed by atoms with Gasteiger partial charge in [0, 0.05) is 43.4 Å². The predicted molar refractivity (Wildman–Crippen MR) is 133 cm³/mol. The first-order valence-corrected chi connectivity index (χ1v) is 11.6. The molecule has 1 fully saturated rings. The van der Waals surface area contributed by atoms with Crippen molar-refractivity contribution in [2.75, 3.05) is 37.6 Å². The molecule has 0 bridgehead atoms. The topological polar surface area (TPSA) is 95.1 Å². The van der Waals surface area contributed by atoms with Crippen LogP contribution < -0.4 is 19.1 Å². The lowest BCUT2D eigenvalue weighted by atomic mass is 10.1. The van der Waals surface area contributed by atoms with Crippen molar-refractivity contribution >= 4 is 23.9 Å². The highest BCUT2D eigenvalue weighted by Crippen LogP contribution is 2.32. The van der Waals surface area contributed by atoms with E-state index in [2.05, 4.69) is 19.5 Å². The molecule has 10 nitrogen and oxygen atoms in total. The van der Waals surface area contributed by atoms with Crippen LogP contribution in [0.5, 0.6) is 23.3 Å². The normalized spacial score (nSPS) is 19.3. The SMILES string of the molecule is C[C@]1(CN2CCN(c3ccc(Oc4ccc(OC(F)(F)F)cc4)cc3)CC2)Cn2cc([N+](=O)[O-])nc2O1.Cl. The van der Waals surface area contributed by atoms with Gasteiger partial charge in [-0.3, -0.25) is 9.47 Å². The molecular formula is C24H25ClF3N5O5. The number of imidazole rings is 1. The summed E-state index contributed by atoms with van der Waals surface area (Å²) in [7, 11) is 0. The zero-order valence-corrected chi connectivity index (χ0v) is 21.1. The van der Waals surface area contributed by atoms with E-state index in [1.54, 1.807) is 4.57 Å². The van der Waals surface area contributed by atoms with Gasteiger partial charge in [-0.1, -0.05) is 0 Å². The van der Waals surface area contributed by atoms with Gasteiger partial charge < -0.3 is 29.2 Å². The van der Waals surface area contributed by atoms with Gasteiger partial charge in [0.1, 0.15) is 29.0 Å². The molecule has 0 unspecified atom stereocenters. The molecule has 0 radical (unpaired) electrons. The molecule has 3 heterocycles. The second kappa shape index (κ2) is 10.6. The molecule has 5 rings (SSSR count).